The van der Waals surface area contributed by atoms with Crippen molar-refractivity contribution in [2.75, 3.05) is 20.2 Å². The largest absolute Gasteiger partial charge is 0.496 e. The third kappa shape index (κ3) is 5.91. The van der Waals surface area contributed by atoms with Crippen molar-refractivity contribution in [2.45, 2.75) is 39.0 Å². The smallest absolute Gasteiger partial charge is 0.135 e. The van der Waals surface area contributed by atoms with Crippen LogP contribution >= 0.6 is 11.9 Å². The summed E-state index contributed by atoms with van der Waals surface area (Å²) in [5.41, 5.74) is 8.09. The number of nitrogens with one attached hydrogen (secondary N) is 2. The molecule has 0 saturated carbocycles. The van der Waals surface area contributed by atoms with Crippen LogP contribution in [0.3, 0.4) is 0 Å². The Bertz CT molecular complexity index is 954. The number of likely N-dealkylation sites (tertiary alicyclic amines) is 1. The number of aryl methyl sites for hydroxylation is 1. The van der Waals surface area contributed by atoms with Crippen molar-refractivity contribution in [1.82, 2.24) is 15.2 Å². The first-order chi connectivity index (χ1) is 14.9. The number of rotatable bonds is 10. The van der Waals surface area contributed by atoms with Gasteiger partial charge in [0.1, 0.15) is 11.6 Å². The number of allylic oxidation sites excluding steroid dienone is 2. The van der Waals surface area contributed by atoms with Gasteiger partial charge in [-0.25, -0.2) is 4.39 Å². The van der Waals surface area contributed by atoms with E-state index in [0.717, 1.165) is 42.9 Å². The highest BCUT2D eigenvalue weighted by Gasteiger charge is 2.27. The van der Waals surface area contributed by atoms with E-state index in [9.17, 15) is 4.39 Å². The Morgan fingerprint density at radius 3 is 2.77 bits per heavy atom. The Hall–Kier alpha value is -2.28. The van der Waals surface area contributed by atoms with Gasteiger partial charge in [-0.05, 0) is 55.2 Å². The Labute approximate surface area is 189 Å². The van der Waals surface area contributed by atoms with Crippen molar-refractivity contribution in [2.24, 2.45) is 0 Å². The second-order valence-corrected chi connectivity index (χ2v) is 9.01. The maximum Gasteiger partial charge on any atom is 0.135 e. The standard InChI is InChI=1S/C25H32FN3OS/c1-6-9-17(2)21-12-18(3)25(26)23(13-21)19(4)27-28-31-22-15-29(16-22)14-20-10-7-8-11-24(20)30-5/h7-13,22,27-28H,4,6,14-16H2,1-3,5H3/b17-9+. The first-order valence-corrected chi connectivity index (χ1v) is 11.5. The highest BCUT2D eigenvalue weighted by Crippen LogP contribution is 2.27. The number of hydrogen-bond donors (Lipinski definition) is 2. The molecule has 2 aromatic rings. The van der Waals surface area contributed by atoms with Crippen LogP contribution in [0.4, 0.5) is 4.39 Å². The van der Waals surface area contributed by atoms with Gasteiger partial charge >= 0.3 is 0 Å². The number of ether oxygens (including phenoxy) is 1. The van der Waals surface area contributed by atoms with Gasteiger partial charge in [0.15, 0.2) is 0 Å². The summed E-state index contributed by atoms with van der Waals surface area (Å²) in [6.45, 7) is 12.8. The minimum Gasteiger partial charge on any atom is -0.496 e. The first-order valence-electron chi connectivity index (χ1n) is 10.6. The van der Waals surface area contributed by atoms with Gasteiger partial charge in [0.25, 0.3) is 0 Å². The van der Waals surface area contributed by atoms with Crippen molar-refractivity contribution in [3.8, 4) is 5.75 Å². The summed E-state index contributed by atoms with van der Waals surface area (Å²) in [7, 11) is 1.71. The number of halogens is 1. The lowest BCUT2D eigenvalue weighted by atomic mass is 9.99. The fourth-order valence-corrected chi connectivity index (χ4v) is 4.60. The highest BCUT2D eigenvalue weighted by atomic mass is 32.2. The van der Waals surface area contributed by atoms with Gasteiger partial charge in [-0.1, -0.05) is 49.7 Å². The molecule has 1 heterocycles. The number of methoxy groups -OCH3 is 1. The van der Waals surface area contributed by atoms with Crippen LogP contribution in [0.1, 0.15) is 42.5 Å². The lowest BCUT2D eigenvalue weighted by Gasteiger charge is -2.38. The summed E-state index contributed by atoms with van der Waals surface area (Å²) in [5, 5.41) is 0.461. The molecule has 1 fully saturated rings. The third-order valence-corrected chi connectivity index (χ3v) is 6.33. The molecular formula is C25H32FN3OS. The van der Waals surface area contributed by atoms with Crippen molar-refractivity contribution >= 4 is 23.2 Å². The molecular weight excluding hydrogens is 409 g/mol. The van der Waals surface area contributed by atoms with E-state index in [1.807, 2.05) is 30.3 Å². The minimum atomic E-state index is -0.232. The molecule has 4 nitrogen and oxygen atoms in total. The summed E-state index contributed by atoms with van der Waals surface area (Å²) in [4.78, 5) is 5.52. The van der Waals surface area contributed by atoms with E-state index in [0.29, 0.717) is 22.1 Å². The lowest BCUT2D eigenvalue weighted by molar-refractivity contribution is 0.179. The molecule has 0 aliphatic carbocycles. The van der Waals surface area contributed by atoms with E-state index >= 15 is 0 Å². The molecule has 1 saturated heterocycles. The number of hydrazine groups is 1. The monoisotopic (exact) mass is 441 g/mol. The van der Waals surface area contributed by atoms with Crippen molar-refractivity contribution in [3.05, 3.63) is 77.1 Å². The van der Waals surface area contributed by atoms with Crippen LogP contribution in [0.15, 0.2) is 49.1 Å². The molecule has 31 heavy (non-hydrogen) atoms. The Morgan fingerprint density at radius 2 is 2.06 bits per heavy atom. The predicted molar refractivity (Wildman–Crippen MR) is 130 cm³/mol. The molecule has 0 bridgehead atoms. The summed E-state index contributed by atoms with van der Waals surface area (Å²) in [6, 6.07) is 11.9. The average molecular weight is 442 g/mol. The molecule has 1 aliphatic rings. The molecule has 0 amide bonds. The SMILES string of the molecule is C=C(NNSC1CN(Cc2ccccc2OC)C1)c1cc(/C(C)=C/CC)cc(C)c1F. The molecule has 166 valence electrons. The zero-order valence-electron chi connectivity index (χ0n) is 18.8. The topological polar surface area (TPSA) is 36.5 Å². The van der Waals surface area contributed by atoms with Crippen LogP contribution in [-0.2, 0) is 6.54 Å². The Morgan fingerprint density at radius 1 is 1.32 bits per heavy atom. The van der Waals surface area contributed by atoms with E-state index in [-0.39, 0.29) is 5.82 Å². The molecule has 0 unspecified atom stereocenters. The maximum absolute atomic E-state index is 14.7. The third-order valence-electron chi connectivity index (χ3n) is 5.48. The van der Waals surface area contributed by atoms with Crippen LogP contribution in [0.25, 0.3) is 11.3 Å². The summed E-state index contributed by atoms with van der Waals surface area (Å²) in [6.07, 6.45) is 3.10. The second-order valence-electron chi connectivity index (χ2n) is 7.90. The van der Waals surface area contributed by atoms with Gasteiger partial charge in [-0.15, -0.1) is 0 Å². The highest BCUT2D eigenvalue weighted by molar-refractivity contribution is 7.98. The van der Waals surface area contributed by atoms with E-state index in [2.05, 4.69) is 47.7 Å². The molecule has 0 spiro atoms. The van der Waals surface area contributed by atoms with Crippen LogP contribution in [-0.4, -0.2) is 30.3 Å². The zero-order valence-corrected chi connectivity index (χ0v) is 19.6. The predicted octanol–water partition coefficient (Wildman–Crippen LogP) is 5.55. The van der Waals surface area contributed by atoms with E-state index in [1.165, 1.54) is 5.56 Å². The van der Waals surface area contributed by atoms with Crippen molar-refractivity contribution < 1.29 is 9.13 Å². The number of para-hydroxylation sites is 1. The number of nitrogens with zero attached hydrogens (tertiary/aromatic N) is 1. The molecule has 1 aliphatic heterocycles. The quantitative estimate of drug-likeness (QED) is 0.373. The summed E-state index contributed by atoms with van der Waals surface area (Å²) < 4.78 is 20.1. The fourth-order valence-electron chi connectivity index (χ4n) is 3.68. The molecule has 3 rings (SSSR count). The van der Waals surface area contributed by atoms with Crippen molar-refractivity contribution in [3.63, 3.8) is 0 Å². The van der Waals surface area contributed by atoms with Crippen LogP contribution in [0.2, 0.25) is 0 Å². The summed E-state index contributed by atoms with van der Waals surface area (Å²) >= 11 is 1.61. The first kappa shape index (κ1) is 23.4. The lowest BCUT2D eigenvalue weighted by Crippen LogP contribution is -2.50. The van der Waals surface area contributed by atoms with Gasteiger partial charge in [-0.2, -0.15) is 4.83 Å². The zero-order chi connectivity index (χ0) is 22.4. The summed E-state index contributed by atoms with van der Waals surface area (Å²) in [5.74, 6) is 0.697. The molecule has 0 aromatic heterocycles. The van der Waals surface area contributed by atoms with E-state index in [4.69, 9.17) is 4.74 Å². The Kier molecular flexibility index (Phi) is 8.18. The normalized spacial score (nSPS) is 14.9. The Balaban J connectivity index is 1.49. The minimum absolute atomic E-state index is 0.232. The van der Waals surface area contributed by atoms with Gasteiger partial charge < -0.3 is 10.2 Å². The fraction of sp³-hybridized carbons (Fsp3) is 0.360. The van der Waals surface area contributed by atoms with Gasteiger partial charge in [-0.3, -0.25) is 4.90 Å². The maximum atomic E-state index is 14.7. The molecule has 0 atom stereocenters. The molecule has 2 N–H and O–H groups in total. The van der Waals surface area contributed by atoms with Gasteiger partial charge in [0.2, 0.25) is 0 Å². The van der Waals surface area contributed by atoms with Crippen LogP contribution < -0.4 is 15.0 Å². The average Bonchev–Trinajstić information content (AvgIpc) is 2.73. The number of benzene rings is 2. The van der Waals surface area contributed by atoms with Crippen LogP contribution in [0.5, 0.6) is 5.75 Å². The van der Waals surface area contributed by atoms with Crippen molar-refractivity contribution in [1.29, 1.82) is 0 Å². The number of hydrogen-bond acceptors (Lipinski definition) is 5. The van der Waals surface area contributed by atoms with E-state index in [1.54, 1.807) is 26.0 Å². The molecule has 6 heteroatoms. The molecule has 0 radical (unpaired) electrons. The van der Waals surface area contributed by atoms with E-state index < -0.39 is 0 Å². The van der Waals surface area contributed by atoms with Gasteiger partial charge in [0, 0.05) is 36.0 Å². The second kappa shape index (κ2) is 10.8. The molecule has 2 aromatic carbocycles. The van der Waals surface area contributed by atoms with Crippen LogP contribution in [0, 0.1) is 12.7 Å². The van der Waals surface area contributed by atoms with Gasteiger partial charge in [0.05, 0.1) is 12.8 Å².